The van der Waals surface area contributed by atoms with Crippen molar-refractivity contribution in [3.05, 3.63) is 59.8 Å². The van der Waals surface area contributed by atoms with Crippen LogP contribution >= 0.6 is 0 Å². The van der Waals surface area contributed by atoms with Crippen molar-refractivity contribution in [2.45, 2.75) is 25.3 Å². The lowest BCUT2D eigenvalue weighted by Crippen LogP contribution is -2.43. The van der Waals surface area contributed by atoms with E-state index < -0.39 is 0 Å². The van der Waals surface area contributed by atoms with Gasteiger partial charge in [-0.2, -0.15) is 0 Å². The Kier molecular flexibility index (Phi) is 6.74. The molecule has 0 saturated carbocycles. The van der Waals surface area contributed by atoms with Crippen molar-refractivity contribution in [2.24, 2.45) is 5.73 Å². The van der Waals surface area contributed by atoms with Crippen LogP contribution in [0.1, 0.15) is 34.8 Å². The highest BCUT2D eigenvalue weighted by molar-refractivity contribution is 5.97. The van der Waals surface area contributed by atoms with Crippen molar-refractivity contribution in [2.75, 3.05) is 57.8 Å². The number of methoxy groups -OCH3 is 1. The molecular weight excluding hydrogens is 426 g/mol. The Hall–Kier alpha value is -3.03. The number of aromatic nitrogens is 1. The van der Waals surface area contributed by atoms with Crippen LogP contribution in [0.25, 0.3) is 10.9 Å². The molecule has 3 N–H and O–H groups in total. The zero-order valence-electron chi connectivity index (χ0n) is 20.0. The first kappa shape index (κ1) is 22.7. The molecule has 1 aromatic heterocycles. The zero-order valence-corrected chi connectivity index (χ0v) is 20.0. The number of nitrogens with zero attached hydrogens (tertiary/aromatic N) is 3. The molecule has 0 radical (unpaired) electrons. The van der Waals surface area contributed by atoms with Crippen molar-refractivity contribution in [3.63, 3.8) is 0 Å². The Morgan fingerprint density at radius 3 is 2.59 bits per heavy atom. The van der Waals surface area contributed by atoms with E-state index in [0.29, 0.717) is 11.6 Å². The van der Waals surface area contributed by atoms with Crippen LogP contribution < -0.4 is 20.7 Å². The number of anilines is 1. The van der Waals surface area contributed by atoms with E-state index in [1.165, 1.54) is 11.3 Å². The minimum atomic E-state index is -0.374. The highest BCUT2D eigenvalue weighted by Gasteiger charge is 2.22. The van der Waals surface area contributed by atoms with Crippen molar-refractivity contribution in [1.82, 2.24) is 14.8 Å². The Labute approximate surface area is 201 Å². The van der Waals surface area contributed by atoms with Crippen molar-refractivity contribution in [1.29, 1.82) is 0 Å². The van der Waals surface area contributed by atoms with Gasteiger partial charge in [0.2, 0.25) is 5.91 Å². The van der Waals surface area contributed by atoms with Gasteiger partial charge in [0.15, 0.2) is 0 Å². The van der Waals surface area contributed by atoms with Crippen molar-refractivity contribution >= 4 is 22.5 Å². The Morgan fingerprint density at radius 1 is 1.06 bits per heavy atom. The molecule has 3 heterocycles. The number of primary amides is 1. The summed E-state index contributed by atoms with van der Waals surface area (Å²) in [7, 11) is 1.76. The number of fused-ring (bicyclic) bond motifs is 1. The number of piperazine rings is 1. The van der Waals surface area contributed by atoms with Gasteiger partial charge in [0.25, 0.3) is 0 Å². The van der Waals surface area contributed by atoms with Crippen LogP contribution in [0.15, 0.2) is 48.7 Å². The molecule has 0 atom stereocenters. The first-order valence-corrected chi connectivity index (χ1v) is 12.4. The number of ether oxygens (including phenoxy) is 1. The van der Waals surface area contributed by atoms with Gasteiger partial charge >= 0.3 is 0 Å². The largest absolute Gasteiger partial charge is 0.496 e. The first-order valence-electron chi connectivity index (χ1n) is 12.4. The summed E-state index contributed by atoms with van der Waals surface area (Å²) < 4.78 is 8.01. The van der Waals surface area contributed by atoms with E-state index in [1.807, 2.05) is 18.2 Å². The molecule has 5 rings (SSSR count). The fourth-order valence-electron chi connectivity index (χ4n) is 5.40. The number of nitrogens with one attached hydrogen (secondary N) is 1. The van der Waals surface area contributed by atoms with Gasteiger partial charge < -0.3 is 30.2 Å². The molecule has 7 heteroatoms. The van der Waals surface area contributed by atoms with Crippen LogP contribution in [0.4, 0.5) is 5.69 Å². The number of hydrogen-bond donors (Lipinski definition) is 2. The summed E-state index contributed by atoms with van der Waals surface area (Å²) in [5, 5.41) is 4.58. The maximum absolute atomic E-state index is 11.6. The molecule has 0 spiro atoms. The number of rotatable bonds is 7. The second kappa shape index (κ2) is 10.1. The topological polar surface area (TPSA) is 75.8 Å². The van der Waals surface area contributed by atoms with E-state index in [9.17, 15) is 4.79 Å². The van der Waals surface area contributed by atoms with Gasteiger partial charge in [-0.05, 0) is 66.6 Å². The van der Waals surface area contributed by atoms with Gasteiger partial charge in [0.1, 0.15) is 5.75 Å². The lowest BCUT2D eigenvalue weighted by Gasteiger charge is -2.33. The van der Waals surface area contributed by atoms with E-state index in [1.54, 1.807) is 7.11 Å². The highest BCUT2D eigenvalue weighted by atomic mass is 16.5. The lowest BCUT2D eigenvalue weighted by atomic mass is 10.0. The van der Waals surface area contributed by atoms with E-state index in [-0.39, 0.29) is 5.91 Å². The Morgan fingerprint density at radius 2 is 1.85 bits per heavy atom. The molecule has 2 aliphatic heterocycles. The van der Waals surface area contributed by atoms with Gasteiger partial charge in [0.05, 0.1) is 7.11 Å². The third-order valence-corrected chi connectivity index (χ3v) is 7.40. The maximum atomic E-state index is 11.6. The molecule has 2 fully saturated rings. The molecule has 0 aliphatic carbocycles. The molecular formula is C27H35N5O2. The summed E-state index contributed by atoms with van der Waals surface area (Å²) in [5.74, 6) is 0.610. The van der Waals surface area contributed by atoms with Gasteiger partial charge in [-0.25, -0.2) is 0 Å². The number of carbonyl (C=O) groups excluding carboxylic acids is 1. The van der Waals surface area contributed by atoms with Gasteiger partial charge in [-0.1, -0.05) is 6.07 Å². The SMILES string of the molecule is COc1ccc(N2CCNCC2)cc1CCN1CCC(n2ccc3ccc(C(N)=O)cc32)CC1. The summed E-state index contributed by atoms with van der Waals surface area (Å²) in [6.07, 6.45) is 5.34. The number of piperidine rings is 1. The van der Waals surface area contributed by atoms with Crippen LogP contribution in [0.2, 0.25) is 0 Å². The second-order valence-corrected chi connectivity index (χ2v) is 9.42. The number of likely N-dealkylation sites (tertiary alicyclic amines) is 1. The smallest absolute Gasteiger partial charge is 0.248 e. The summed E-state index contributed by atoms with van der Waals surface area (Å²) >= 11 is 0. The summed E-state index contributed by atoms with van der Waals surface area (Å²) in [6.45, 7) is 7.35. The molecule has 2 saturated heterocycles. The number of amides is 1. The third kappa shape index (κ3) is 4.76. The normalized spacial score (nSPS) is 17.9. The summed E-state index contributed by atoms with van der Waals surface area (Å²) in [5.41, 5.74) is 9.76. The number of carbonyl (C=O) groups is 1. The van der Waals surface area contributed by atoms with Crippen LogP contribution in [0.5, 0.6) is 5.75 Å². The number of benzene rings is 2. The minimum absolute atomic E-state index is 0.374. The average Bonchev–Trinajstić information content (AvgIpc) is 3.31. The van der Waals surface area contributed by atoms with Gasteiger partial charge in [-0.3, -0.25) is 4.79 Å². The van der Waals surface area contributed by atoms with Gasteiger partial charge in [0, 0.05) is 74.8 Å². The average molecular weight is 462 g/mol. The minimum Gasteiger partial charge on any atom is -0.496 e. The highest BCUT2D eigenvalue weighted by Crippen LogP contribution is 2.30. The standard InChI is InChI=1S/C27H35N5O2/c1-34-26-5-4-24(31-16-10-29-11-17-31)18-21(26)6-12-30-13-8-23(9-14-30)32-15-7-20-2-3-22(27(28)33)19-25(20)32/h2-5,7,15,18-19,23,29H,6,8-14,16-17H2,1H3,(H2,28,33). The predicted molar refractivity (Wildman–Crippen MR) is 137 cm³/mol. The Bertz CT molecular complexity index is 1140. The monoisotopic (exact) mass is 461 g/mol. The Balaban J connectivity index is 1.21. The van der Waals surface area contributed by atoms with E-state index in [4.69, 9.17) is 10.5 Å². The quantitative estimate of drug-likeness (QED) is 0.566. The molecule has 3 aromatic rings. The predicted octanol–water partition coefficient (Wildman–Crippen LogP) is 3.04. The van der Waals surface area contributed by atoms with Crippen LogP contribution in [0, 0.1) is 0 Å². The van der Waals surface area contributed by atoms with Crippen LogP contribution in [0.3, 0.4) is 0 Å². The lowest BCUT2D eigenvalue weighted by molar-refractivity contribution is 0.100. The van der Waals surface area contributed by atoms with Crippen molar-refractivity contribution in [3.8, 4) is 5.75 Å². The van der Waals surface area contributed by atoms with Crippen LogP contribution in [-0.2, 0) is 6.42 Å². The molecule has 1 amide bonds. The summed E-state index contributed by atoms with van der Waals surface area (Å²) in [6, 6.07) is 14.9. The van der Waals surface area contributed by atoms with Gasteiger partial charge in [-0.15, -0.1) is 0 Å². The van der Waals surface area contributed by atoms with E-state index in [2.05, 4.69) is 50.1 Å². The molecule has 2 aliphatic rings. The molecule has 7 nitrogen and oxygen atoms in total. The van der Waals surface area contributed by atoms with E-state index in [0.717, 1.165) is 81.7 Å². The maximum Gasteiger partial charge on any atom is 0.248 e. The third-order valence-electron chi connectivity index (χ3n) is 7.40. The second-order valence-electron chi connectivity index (χ2n) is 9.42. The zero-order chi connectivity index (χ0) is 23.5. The molecule has 2 aromatic carbocycles. The van der Waals surface area contributed by atoms with Crippen LogP contribution in [-0.4, -0.2) is 68.3 Å². The number of hydrogen-bond acceptors (Lipinski definition) is 5. The molecule has 180 valence electrons. The fraction of sp³-hybridized carbons (Fsp3) is 0.444. The fourth-order valence-corrected chi connectivity index (χ4v) is 5.40. The molecule has 0 bridgehead atoms. The first-order chi connectivity index (χ1) is 16.6. The number of nitrogens with two attached hydrogens (primary N) is 1. The van der Waals surface area contributed by atoms with E-state index >= 15 is 0 Å². The summed E-state index contributed by atoms with van der Waals surface area (Å²) in [4.78, 5) is 16.7. The molecule has 34 heavy (non-hydrogen) atoms. The van der Waals surface area contributed by atoms with Crippen molar-refractivity contribution < 1.29 is 9.53 Å². The molecule has 0 unspecified atom stereocenters.